The lowest BCUT2D eigenvalue weighted by Gasteiger charge is -2.25. The summed E-state index contributed by atoms with van der Waals surface area (Å²) in [5, 5.41) is 9.06. The van der Waals surface area contributed by atoms with Gasteiger partial charge >= 0.3 is 0 Å². The summed E-state index contributed by atoms with van der Waals surface area (Å²) >= 11 is 6.02. The van der Waals surface area contributed by atoms with Crippen LogP contribution >= 0.6 is 11.6 Å². The Labute approximate surface area is 122 Å². The Hall–Kier alpha value is -1.57. The van der Waals surface area contributed by atoms with Gasteiger partial charge in [-0.25, -0.2) is 4.98 Å². The number of nitrogens with zero attached hydrogens (tertiary/aromatic N) is 3. The Morgan fingerprint density at radius 1 is 1.55 bits per heavy atom. The zero-order valence-corrected chi connectivity index (χ0v) is 12.2. The first kappa shape index (κ1) is 13.4. The molecule has 1 atom stereocenters. The first-order valence-electron chi connectivity index (χ1n) is 6.74. The molecule has 0 bridgehead atoms. The van der Waals surface area contributed by atoms with E-state index in [-0.39, 0.29) is 5.60 Å². The van der Waals surface area contributed by atoms with E-state index < -0.39 is 0 Å². The second-order valence-electron chi connectivity index (χ2n) is 5.47. The van der Waals surface area contributed by atoms with Crippen LogP contribution in [0.5, 0.6) is 0 Å². The number of nitriles is 1. The molecule has 20 heavy (non-hydrogen) atoms. The maximum atomic E-state index is 9.06. The van der Waals surface area contributed by atoms with Gasteiger partial charge in [0.25, 0.3) is 0 Å². The summed E-state index contributed by atoms with van der Waals surface area (Å²) in [6.07, 6.45) is 2.12. The second kappa shape index (κ2) is 5.08. The zero-order chi connectivity index (χ0) is 14.2. The van der Waals surface area contributed by atoms with E-state index in [0.717, 1.165) is 42.9 Å². The highest BCUT2D eigenvalue weighted by Gasteiger charge is 2.31. The topological polar surface area (TPSA) is 50.8 Å². The van der Waals surface area contributed by atoms with Crippen LogP contribution in [-0.2, 0) is 17.2 Å². The Bertz CT molecular complexity index is 680. The molecule has 2 heterocycles. The third-order valence-corrected chi connectivity index (χ3v) is 4.11. The van der Waals surface area contributed by atoms with Crippen molar-refractivity contribution in [1.82, 2.24) is 9.55 Å². The van der Waals surface area contributed by atoms with Crippen molar-refractivity contribution >= 4 is 22.6 Å². The molecule has 0 radical (unpaired) electrons. The fourth-order valence-corrected chi connectivity index (χ4v) is 3.02. The molecule has 0 aliphatic carbocycles. The minimum absolute atomic E-state index is 0.170. The van der Waals surface area contributed by atoms with E-state index in [1.807, 2.05) is 12.1 Å². The normalized spacial score (nSPS) is 22.2. The molecule has 104 valence electrons. The van der Waals surface area contributed by atoms with E-state index in [1.54, 1.807) is 6.07 Å². The number of hydrogen-bond acceptors (Lipinski definition) is 3. The fourth-order valence-electron chi connectivity index (χ4n) is 2.82. The zero-order valence-electron chi connectivity index (χ0n) is 11.4. The third-order valence-electron chi connectivity index (χ3n) is 3.87. The average molecular weight is 290 g/mol. The van der Waals surface area contributed by atoms with E-state index in [9.17, 15) is 0 Å². The average Bonchev–Trinajstić information content (AvgIpc) is 3.03. The Morgan fingerprint density at radius 3 is 3.05 bits per heavy atom. The summed E-state index contributed by atoms with van der Waals surface area (Å²) < 4.78 is 7.95. The Kier molecular flexibility index (Phi) is 3.41. The van der Waals surface area contributed by atoms with Crippen LogP contribution in [0.4, 0.5) is 0 Å². The molecule has 5 heteroatoms. The molecule has 0 N–H and O–H groups in total. The lowest BCUT2D eigenvalue weighted by molar-refractivity contribution is 0.00661. The lowest BCUT2D eigenvalue weighted by atomic mass is 10.0. The molecule has 1 fully saturated rings. The first-order valence-corrected chi connectivity index (χ1v) is 7.28. The lowest BCUT2D eigenvalue weighted by Crippen LogP contribution is -2.30. The number of hydrogen-bond donors (Lipinski definition) is 0. The SMILES string of the molecule is CC1(Cn2c(CCl)nc3ccc(C#N)cc32)CCCO1. The number of fused-ring (bicyclic) bond motifs is 1. The minimum Gasteiger partial charge on any atom is -0.373 e. The van der Waals surface area contributed by atoms with Gasteiger partial charge < -0.3 is 9.30 Å². The van der Waals surface area contributed by atoms with Crippen molar-refractivity contribution in [2.45, 2.75) is 37.8 Å². The van der Waals surface area contributed by atoms with Gasteiger partial charge in [-0.05, 0) is 38.0 Å². The summed E-state index contributed by atoms with van der Waals surface area (Å²) in [6, 6.07) is 7.70. The molecule has 4 nitrogen and oxygen atoms in total. The van der Waals surface area contributed by atoms with Gasteiger partial charge in [-0.15, -0.1) is 11.6 Å². The fraction of sp³-hybridized carbons (Fsp3) is 0.467. The van der Waals surface area contributed by atoms with Crippen LogP contribution < -0.4 is 0 Å². The monoisotopic (exact) mass is 289 g/mol. The summed E-state index contributed by atoms with van der Waals surface area (Å²) in [4.78, 5) is 4.55. The number of imidazole rings is 1. The maximum Gasteiger partial charge on any atom is 0.124 e. The molecule has 0 spiro atoms. The molecular weight excluding hydrogens is 274 g/mol. The molecule has 1 aliphatic rings. The van der Waals surface area contributed by atoms with Crippen molar-refractivity contribution in [3.8, 4) is 6.07 Å². The van der Waals surface area contributed by atoms with Gasteiger partial charge in [0.2, 0.25) is 0 Å². The Balaban J connectivity index is 2.09. The molecule has 1 aromatic carbocycles. The third kappa shape index (κ3) is 2.28. The molecule has 0 amide bonds. The van der Waals surface area contributed by atoms with E-state index in [0.29, 0.717) is 11.4 Å². The van der Waals surface area contributed by atoms with E-state index in [4.69, 9.17) is 21.6 Å². The van der Waals surface area contributed by atoms with Gasteiger partial charge in [-0.1, -0.05) is 0 Å². The summed E-state index contributed by atoms with van der Waals surface area (Å²) in [5.74, 6) is 1.18. The molecule has 1 unspecified atom stereocenters. The van der Waals surface area contributed by atoms with Crippen LogP contribution in [0.1, 0.15) is 31.2 Å². The number of ether oxygens (including phenoxy) is 1. The van der Waals surface area contributed by atoms with E-state index in [1.165, 1.54) is 0 Å². The number of rotatable bonds is 3. The van der Waals surface area contributed by atoms with Crippen LogP contribution in [0.2, 0.25) is 0 Å². The van der Waals surface area contributed by atoms with Crippen molar-refractivity contribution in [3.63, 3.8) is 0 Å². The quantitative estimate of drug-likeness (QED) is 0.815. The molecule has 3 rings (SSSR count). The molecule has 1 aromatic heterocycles. The first-order chi connectivity index (χ1) is 9.65. The summed E-state index contributed by atoms with van der Waals surface area (Å²) in [5.41, 5.74) is 2.30. The molecule has 2 aromatic rings. The highest BCUT2D eigenvalue weighted by Crippen LogP contribution is 2.29. The van der Waals surface area contributed by atoms with Gasteiger partial charge in [-0.3, -0.25) is 0 Å². The second-order valence-corrected chi connectivity index (χ2v) is 5.73. The summed E-state index contributed by atoms with van der Waals surface area (Å²) in [6.45, 7) is 3.65. The highest BCUT2D eigenvalue weighted by molar-refractivity contribution is 6.16. The number of aromatic nitrogens is 2. The largest absolute Gasteiger partial charge is 0.373 e. The van der Waals surface area contributed by atoms with Crippen LogP contribution in [0.25, 0.3) is 11.0 Å². The molecule has 1 aliphatic heterocycles. The van der Waals surface area contributed by atoms with E-state index in [2.05, 4.69) is 22.5 Å². The van der Waals surface area contributed by atoms with Gasteiger partial charge in [0, 0.05) is 6.61 Å². The number of benzene rings is 1. The van der Waals surface area contributed by atoms with Crippen LogP contribution in [0, 0.1) is 11.3 Å². The standard InChI is InChI=1S/C15H16ClN3O/c1-15(5-2-6-20-15)10-19-13-7-11(9-17)3-4-12(13)18-14(19)8-16/h3-4,7H,2,5-6,8,10H2,1H3. The summed E-state index contributed by atoms with van der Waals surface area (Å²) in [7, 11) is 0. The predicted octanol–water partition coefficient (Wildman–Crippen LogP) is 3.22. The molecular formula is C15H16ClN3O. The number of alkyl halides is 1. The van der Waals surface area contributed by atoms with Crippen molar-refractivity contribution in [2.75, 3.05) is 6.61 Å². The van der Waals surface area contributed by atoms with Crippen molar-refractivity contribution in [2.24, 2.45) is 0 Å². The smallest absolute Gasteiger partial charge is 0.124 e. The molecule has 1 saturated heterocycles. The minimum atomic E-state index is -0.170. The highest BCUT2D eigenvalue weighted by atomic mass is 35.5. The van der Waals surface area contributed by atoms with E-state index >= 15 is 0 Å². The maximum absolute atomic E-state index is 9.06. The predicted molar refractivity (Wildman–Crippen MR) is 77.6 cm³/mol. The van der Waals surface area contributed by atoms with Crippen molar-refractivity contribution in [3.05, 3.63) is 29.6 Å². The van der Waals surface area contributed by atoms with Crippen molar-refractivity contribution < 1.29 is 4.74 Å². The van der Waals surface area contributed by atoms with Gasteiger partial charge in [0.1, 0.15) is 5.82 Å². The van der Waals surface area contributed by atoms with Gasteiger partial charge in [0.15, 0.2) is 0 Å². The van der Waals surface area contributed by atoms with Crippen LogP contribution in [0.15, 0.2) is 18.2 Å². The van der Waals surface area contributed by atoms with Crippen molar-refractivity contribution in [1.29, 1.82) is 5.26 Å². The number of halogens is 1. The van der Waals surface area contributed by atoms with Gasteiger partial charge in [-0.2, -0.15) is 5.26 Å². The van der Waals surface area contributed by atoms with Gasteiger partial charge in [0.05, 0.1) is 40.7 Å². The molecule has 0 saturated carbocycles. The Morgan fingerprint density at radius 2 is 2.40 bits per heavy atom. The van der Waals surface area contributed by atoms with Crippen LogP contribution in [-0.4, -0.2) is 21.8 Å². The van der Waals surface area contributed by atoms with Crippen LogP contribution in [0.3, 0.4) is 0 Å².